The van der Waals surface area contributed by atoms with E-state index in [2.05, 4.69) is 4.98 Å². The van der Waals surface area contributed by atoms with E-state index >= 15 is 0 Å². The molecule has 2 rings (SSSR count). The number of hydrogen-bond acceptors (Lipinski definition) is 5. The molecule has 0 saturated carbocycles. The molecule has 1 saturated heterocycles. The van der Waals surface area contributed by atoms with Gasteiger partial charge in [0.15, 0.2) is 0 Å². The third kappa shape index (κ3) is 2.91. The second-order valence-electron chi connectivity index (χ2n) is 4.22. The molecule has 1 aliphatic rings. The number of hydrogen-bond donors (Lipinski definition) is 2. The molecule has 0 amide bonds. The number of piperazine rings is 1. The molecule has 0 spiro atoms. The maximum absolute atomic E-state index is 12.3. The smallest absolute Gasteiger partial charge is 0.276 e. The van der Waals surface area contributed by atoms with E-state index < -0.39 is 25.7 Å². The van der Waals surface area contributed by atoms with Crippen LogP contribution in [0.15, 0.2) is 28.2 Å². The van der Waals surface area contributed by atoms with E-state index in [4.69, 9.17) is 5.14 Å². The van der Waals surface area contributed by atoms with Crippen LogP contribution in [0.2, 0.25) is 0 Å². The molecule has 1 aromatic rings. The van der Waals surface area contributed by atoms with Gasteiger partial charge in [0.05, 0.1) is 0 Å². The average Bonchev–Trinajstić information content (AvgIpc) is 2.38. The average molecular weight is 322 g/mol. The van der Waals surface area contributed by atoms with Gasteiger partial charge in [-0.05, 0) is 0 Å². The molecule has 3 N–H and O–H groups in total. The van der Waals surface area contributed by atoms with E-state index in [1.807, 2.05) is 0 Å². The van der Waals surface area contributed by atoms with Crippen molar-refractivity contribution in [1.29, 1.82) is 0 Å². The second kappa shape index (κ2) is 5.26. The number of nitrogens with zero attached hydrogens (tertiary/aromatic N) is 2. The van der Waals surface area contributed by atoms with Crippen LogP contribution >= 0.6 is 0 Å². The van der Waals surface area contributed by atoms with Crippen LogP contribution in [-0.4, -0.2) is 56.6 Å². The summed E-state index contributed by atoms with van der Waals surface area (Å²) < 4.78 is 48.9. The Bertz CT molecular complexity index is 747. The van der Waals surface area contributed by atoms with Crippen molar-refractivity contribution in [1.82, 2.24) is 13.6 Å². The summed E-state index contributed by atoms with van der Waals surface area (Å²) in [6.45, 7) is -0.175. The lowest BCUT2D eigenvalue weighted by molar-refractivity contribution is 0.273. The summed E-state index contributed by atoms with van der Waals surface area (Å²) >= 11 is 0. The summed E-state index contributed by atoms with van der Waals surface area (Å²) in [5.74, 6) is 0. The predicted molar refractivity (Wildman–Crippen MR) is 70.5 cm³/mol. The van der Waals surface area contributed by atoms with Gasteiger partial charge in [-0.25, -0.2) is 13.6 Å². The van der Waals surface area contributed by atoms with E-state index in [9.17, 15) is 21.6 Å². The van der Waals surface area contributed by atoms with Gasteiger partial charge >= 0.3 is 0 Å². The van der Waals surface area contributed by atoms with Gasteiger partial charge in [0, 0.05) is 44.6 Å². The van der Waals surface area contributed by atoms with Crippen LogP contribution in [0.1, 0.15) is 0 Å². The Hall–Kier alpha value is -1.27. The molecule has 1 aliphatic heterocycles. The summed E-state index contributed by atoms with van der Waals surface area (Å²) in [5, 5.41) is 4.98. The van der Waals surface area contributed by atoms with Crippen molar-refractivity contribution in [3.05, 3.63) is 28.7 Å². The van der Waals surface area contributed by atoms with Gasteiger partial charge in [0.25, 0.3) is 10.2 Å². The minimum Gasteiger partial charge on any atom is -0.366 e. The molecule has 9 nitrogen and oxygen atoms in total. The van der Waals surface area contributed by atoms with Crippen molar-refractivity contribution in [2.45, 2.75) is 4.90 Å². The van der Waals surface area contributed by atoms with Crippen LogP contribution < -0.4 is 10.6 Å². The van der Waals surface area contributed by atoms with E-state index in [1.54, 1.807) is 0 Å². The molecule has 2 heterocycles. The fourth-order valence-electron chi connectivity index (χ4n) is 1.91. The fourth-order valence-corrected chi connectivity index (χ4v) is 4.04. The van der Waals surface area contributed by atoms with Crippen molar-refractivity contribution in [2.24, 2.45) is 5.14 Å². The summed E-state index contributed by atoms with van der Waals surface area (Å²) in [4.78, 5) is 13.8. The van der Waals surface area contributed by atoms with Gasteiger partial charge in [0.1, 0.15) is 4.90 Å². The molecule has 0 bridgehead atoms. The lowest BCUT2D eigenvalue weighted by atomic mass is 10.4. The first-order valence-electron chi connectivity index (χ1n) is 5.68. The number of aromatic nitrogens is 1. The normalized spacial score (nSPS) is 19.1. The number of rotatable bonds is 3. The molecule has 0 aliphatic carbocycles. The first kappa shape index (κ1) is 15.1. The predicted octanol–water partition coefficient (Wildman–Crippen LogP) is -2.12. The van der Waals surface area contributed by atoms with Crippen molar-refractivity contribution >= 4 is 20.2 Å². The standard InChI is InChI=1S/C9H14N4O5S2/c10-20(17,18)13-5-3-12(4-6-13)19(15,16)9-7-11-2-1-8(9)14/h1-2,7H,3-6H2,(H,11,14)(H2,10,17,18). The lowest BCUT2D eigenvalue weighted by Gasteiger charge is -2.31. The van der Waals surface area contributed by atoms with E-state index in [0.29, 0.717) is 0 Å². The molecule has 0 atom stereocenters. The first-order chi connectivity index (χ1) is 9.23. The van der Waals surface area contributed by atoms with Crippen LogP contribution in [-0.2, 0) is 20.2 Å². The largest absolute Gasteiger partial charge is 0.366 e. The van der Waals surface area contributed by atoms with Crippen LogP contribution in [0, 0.1) is 0 Å². The van der Waals surface area contributed by atoms with E-state index in [0.717, 1.165) is 20.9 Å². The Labute approximate surface area is 116 Å². The second-order valence-corrected chi connectivity index (χ2v) is 7.67. The zero-order valence-electron chi connectivity index (χ0n) is 10.4. The number of nitrogens with two attached hydrogens (primary N) is 1. The number of pyridine rings is 1. The van der Waals surface area contributed by atoms with Gasteiger partial charge in [-0.3, -0.25) is 4.79 Å². The third-order valence-corrected chi connectivity index (χ3v) is 5.97. The van der Waals surface area contributed by atoms with Crippen LogP contribution in [0.5, 0.6) is 0 Å². The highest BCUT2D eigenvalue weighted by atomic mass is 32.2. The molecule has 1 fully saturated rings. The Morgan fingerprint density at radius 3 is 2.10 bits per heavy atom. The summed E-state index contributed by atoms with van der Waals surface area (Å²) in [6.07, 6.45) is 2.45. The van der Waals surface area contributed by atoms with Gasteiger partial charge in [-0.2, -0.15) is 17.0 Å². The SMILES string of the molecule is NS(=O)(=O)N1CCN(S(=O)(=O)c2c[nH]ccc2=O)CC1. The van der Waals surface area contributed by atoms with Crippen molar-refractivity contribution < 1.29 is 16.8 Å². The Balaban J connectivity index is 2.23. The van der Waals surface area contributed by atoms with Gasteiger partial charge < -0.3 is 4.98 Å². The van der Waals surface area contributed by atoms with Crippen LogP contribution in [0.4, 0.5) is 0 Å². The number of nitrogens with one attached hydrogen (secondary N) is 1. The van der Waals surface area contributed by atoms with Crippen LogP contribution in [0.25, 0.3) is 0 Å². The van der Waals surface area contributed by atoms with Crippen LogP contribution in [0.3, 0.4) is 0 Å². The Kier molecular flexibility index (Phi) is 3.97. The third-order valence-electron chi connectivity index (χ3n) is 2.96. The highest BCUT2D eigenvalue weighted by molar-refractivity contribution is 7.89. The maximum Gasteiger partial charge on any atom is 0.276 e. The van der Waals surface area contributed by atoms with E-state index in [-0.39, 0.29) is 31.1 Å². The highest BCUT2D eigenvalue weighted by Gasteiger charge is 2.32. The first-order valence-corrected chi connectivity index (χ1v) is 8.62. The molecular weight excluding hydrogens is 308 g/mol. The number of sulfonamides is 1. The van der Waals surface area contributed by atoms with Gasteiger partial charge in [0.2, 0.25) is 15.5 Å². The minimum atomic E-state index is -3.93. The molecule has 0 unspecified atom stereocenters. The molecule has 1 aromatic heterocycles. The van der Waals surface area contributed by atoms with Crippen molar-refractivity contribution in [2.75, 3.05) is 26.2 Å². The quantitative estimate of drug-likeness (QED) is 0.656. The topological polar surface area (TPSA) is 134 Å². The zero-order chi connectivity index (χ0) is 15.0. The summed E-state index contributed by atoms with van der Waals surface area (Å²) in [5.41, 5.74) is -0.613. The van der Waals surface area contributed by atoms with Crippen molar-refractivity contribution in [3.63, 3.8) is 0 Å². The molecular formula is C9H14N4O5S2. The molecule has 20 heavy (non-hydrogen) atoms. The molecule has 11 heteroatoms. The number of aromatic amines is 1. The highest BCUT2D eigenvalue weighted by Crippen LogP contribution is 2.14. The number of H-pyrrole nitrogens is 1. The van der Waals surface area contributed by atoms with Crippen molar-refractivity contribution in [3.8, 4) is 0 Å². The summed E-state index contributed by atoms with van der Waals surface area (Å²) in [6, 6.07) is 1.12. The molecule has 0 aromatic carbocycles. The summed E-state index contributed by atoms with van der Waals surface area (Å²) in [7, 11) is -7.76. The maximum atomic E-state index is 12.3. The zero-order valence-corrected chi connectivity index (χ0v) is 12.0. The lowest BCUT2D eigenvalue weighted by Crippen LogP contribution is -2.52. The minimum absolute atomic E-state index is 0.0389. The van der Waals surface area contributed by atoms with E-state index in [1.165, 1.54) is 6.20 Å². The fraction of sp³-hybridized carbons (Fsp3) is 0.444. The Morgan fingerprint density at radius 2 is 1.60 bits per heavy atom. The molecule has 0 radical (unpaired) electrons. The van der Waals surface area contributed by atoms with Gasteiger partial charge in [-0.15, -0.1) is 0 Å². The monoisotopic (exact) mass is 322 g/mol. The molecule has 112 valence electrons. The van der Waals surface area contributed by atoms with Gasteiger partial charge in [-0.1, -0.05) is 0 Å². The Morgan fingerprint density at radius 1 is 1.05 bits per heavy atom.